The van der Waals surface area contributed by atoms with Gasteiger partial charge >= 0.3 is 0 Å². The Morgan fingerprint density at radius 2 is 1.83 bits per heavy atom. The van der Waals surface area contributed by atoms with Gasteiger partial charge in [-0.05, 0) is 54.5 Å². The van der Waals surface area contributed by atoms with Crippen LogP contribution in [0.2, 0.25) is 0 Å². The summed E-state index contributed by atoms with van der Waals surface area (Å²) in [7, 11) is 0. The summed E-state index contributed by atoms with van der Waals surface area (Å²) in [5, 5.41) is 16.3. The second kappa shape index (κ2) is 8.34. The number of hydrogen-bond acceptors (Lipinski definition) is 5. The van der Waals surface area contributed by atoms with Gasteiger partial charge in [0.05, 0.1) is 12.0 Å². The maximum Gasteiger partial charge on any atom is 0.231 e. The first-order chi connectivity index (χ1) is 14.5. The van der Waals surface area contributed by atoms with Crippen LogP contribution in [0.4, 0.5) is 5.69 Å². The second-order valence-electron chi connectivity index (χ2n) is 6.84. The van der Waals surface area contributed by atoms with Crippen LogP contribution in [-0.4, -0.2) is 21.1 Å². The van der Waals surface area contributed by atoms with Crippen LogP contribution in [0.25, 0.3) is 22.6 Å². The third-order valence-corrected chi connectivity index (χ3v) is 4.75. The minimum absolute atomic E-state index is 0.0751. The summed E-state index contributed by atoms with van der Waals surface area (Å²) in [4.78, 5) is 16.7. The molecule has 150 valence electrons. The Labute approximate surface area is 178 Å². The molecular formula is C23H19N3O3S. The molecule has 4 rings (SSSR count). The van der Waals surface area contributed by atoms with Gasteiger partial charge in [0.1, 0.15) is 11.3 Å². The van der Waals surface area contributed by atoms with Crippen molar-refractivity contribution in [1.82, 2.24) is 10.3 Å². The smallest absolute Gasteiger partial charge is 0.231 e. The number of carbonyl (C=O) groups excluding carboxylic acids is 1. The highest BCUT2D eigenvalue weighted by molar-refractivity contribution is 7.80. The molecule has 0 saturated carbocycles. The van der Waals surface area contributed by atoms with Crippen LogP contribution < -0.4 is 10.6 Å². The number of phenolic OH excluding ortho intramolecular Hbond substituents is 1. The standard InChI is InChI=1S/C23H19N3O3S/c1-14-11-16(24-23(30)26-20(27)12-15-7-3-2-4-8-15)13-17(21(14)28)22-25-18-9-5-6-10-19(18)29-22/h2-11,13,28H,12H2,1H3,(H2,24,26,27,30). The number of para-hydroxylation sites is 2. The average molecular weight is 417 g/mol. The van der Waals surface area contributed by atoms with Crippen molar-refractivity contribution in [3.63, 3.8) is 0 Å². The number of rotatable bonds is 4. The number of fused-ring (bicyclic) bond motifs is 1. The van der Waals surface area contributed by atoms with Gasteiger partial charge in [0.2, 0.25) is 11.8 Å². The highest BCUT2D eigenvalue weighted by Crippen LogP contribution is 2.36. The predicted octanol–water partition coefficient (Wildman–Crippen LogP) is 4.56. The van der Waals surface area contributed by atoms with Crippen molar-refractivity contribution in [2.24, 2.45) is 0 Å². The summed E-state index contributed by atoms with van der Waals surface area (Å²) in [6.07, 6.45) is 0.228. The van der Waals surface area contributed by atoms with Crippen LogP contribution in [0, 0.1) is 6.92 Å². The van der Waals surface area contributed by atoms with E-state index in [1.165, 1.54) is 0 Å². The average Bonchev–Trinajstić information content (AvgIpc) is 3.15. The largest absolute Gasteiger partial charge is 0.507 e. The van der Waals surface area contributed by atoms with Crippen LogP contribution in [-0.2, 0) is 11.2 Å². The molecular weight excluding hydrogens is 398 g/mol. The summed E-state index contributed by atoms with van der Waals surface area (Å²) >= 11 is 5.27. The van der Waals surface area contributed by atoms with Gasteiger partial charge in [-0.15, -0.1) is 0 Å². The Bertz CT molecular complexity index is 1200. The third kappa shape index (κ3) is 4.31. The minimum Gasteiger partial charge on any atom is -0.507 e. The van der Waals surface area contributed by atoms with Gasteiger partial charge in [0.25, 0.3) is 0 Å². The number of phenols is 1. The molecule has 1 heterocycles. The lowest BCUT2D eigenvalue weighted by molar-refractivity contribution is -0.119. The quantitative estimate of drug-likeness (QED) is 0.333. The molecule has 6 nitrogen and oxygen atoms in total. The lowest BCUT2D eigenvalue weighted by atomic mass is 10.1. The minimum atomic E-state index is -0.214. The Balaban J connectivity index is 1.52. The maximum absolute atomic E-state index is 12.2. The maximum atomic E-state index is 12.2. The van der Waals surface area contributed by atoms with E-state index >= 15 is 0 Å². The number of amides is 1. The number of hydrogen-bond donors (Lipinski definition) is 3. The normalized spacial score (nSPS) is 10.7. The summed E-state index contributed by atoms with van der Waals surface area (Å²) in [5.74, 6) is 0.166. The number of aryl methyl sites for hydroxylation is 1. The van der Waals surface area contributed by atoms with Crippen LogP contribution in [0.3, 0.4) is 0 Å². The molecule has 0 aliphatic rings. The SMILES string of the molecule is Cc1cc(NC(=S)NC(=O)Cc2ccccc2)cc(-c2nc3ccccc3o2)c1O. The number of thiocarbonyl (C=S) groups is 1. The number of nitrogens with zero attached hydrogens (tertiary/aromatic N) is 1. The van der Waals surface area contributed by atoms with E-state index in [1.807, 2.05) is 54.6 Å². The molecule has 0 spiro atoms. The lowest BCUT2D eigenvalue weighted by Gasteiger charge is -2.12. The van der Waals surface area contributed by atoms with Crippen LogP contribution in [0.15, 0.2) is 71.1 Å². The predicted molar refractivity (Wildman–Crippen MR) is 120 cm³/mol. The van der Waals surface area contributed by atoms with Gasteiger partial charge in [-0.25, -0.2) is 4.98 Å². The highest BCUT2D eigenvalue weighted by Gasteiger charge is 2.16. The van der Waals surface area contributed by atoms with E-state index < -0.39 is 0 Å². The number of aromatic nitrogens is 1. The first-order valence-electron chi connectivity index (χ1n) is 9.34. The van der Waals surface area contributed by atoms with Crippen molar-refractivity contribution >= 4 is 40.0 Å². The molecule has 3 N–H and O–H groups in total. The van der Waals surface area contributed by atoms with E-state index in [0.29, 0.717) is 33.8 Å². The topological polar surface area (TPSA) is 87.4 Å². The summed E-state index contributed by atoms with van der Waals surface area (Å²) in [6.45, 7) is 1.77. The molecule has 0 aliphatic heterocycles. The van der Waals surface area contributed by atoms with Crippen molar-refractivity contribution in [2.45, 2.75) is 13.3 Å². The monoisotopic (exact) mass is 417 g/mol. The number of oxazole rings is 1. The zero-order chi connectivity index (χ0) is 21.1. The molecule has 0 radical (unpaired) electrons. The van der Waals surface area contributed by atoms with E-state index in [0.717, 1.165) is 5.56 Å². The molecule has 0 atom stereocenters. The molecule has 0 unspecified atom stereocenters. The van der Waals surface area contributed by atoms with E-state index in [9.17, 15) is 9.90 Å². The van der Waals surface area contributed by atoms with Gasteiger partial charge in [-0.2, -0.15) is 0 Å². The first kappa shape index (κ1) is 19.6. The van der Waals surface area contributed by atoms with Crippen molar-refractivity contribution < 1.29 is 14.3 Å². The fourth-order valence-electron chi connectivity index (χ4n) is 3.12. The Morgan fingerprint density at radius 1 is 1.10 bits per heavy atom. The highest BCUT2D eigenvalue weighted by atomic mass is 32.1. The van der Waals surface area contributed by atoms with Gasteiger partial charge in [-0.3, -0.25) is 4.79 Å². The molecule has 7 heteroatoms. The molecule has 3 aromatic carbocycles. The Kier molecular flexibility index (Phi) is 5.45. The van der Waals surface area contributed by atoms with Gasteiger partial charge < -0.3 is 20.2 Å². The van der Waals surface area contributed by atoms with Crippen LogP contribution in [0.1, 0.15) is 11.1 Å². The molecule has 4 aromatic rings. The fraction of sp³-hybridized carbons (Fsp3) is 0.0870. The van der Waals surface area contributed by atoms with E-state index in [-0.39, 0.29) is 23.2 Å². The van der Waals surface area contributed by atoms with Gasteiger partial charge in [-0.1, -0.05) is 42.5 Å². The number of carbonyl (C=O) groups is 1. The number of nitrogens with one attached hydrogen (secondary N) is 2. The third-order valence-electron chi connectivity index (χ3n) is 4.54. The van der Waals surface area contributed by atoms with E-state index in [4.69, 9.17) is 16.6 Å². The first-order valence-corrected chi connectivity index (χ1v) is 9.75. The Morgan fingerprint density at radius 3 is 2.60 bits per heavy atom. The summed E-state index contributed by atoms with van der Waals surface area (Å²) in [5.41, 5.74) is 3.89. The van der Waals surface area contributed by atoms with E-state index in [2.05, 4.69) is 15.6 Å². The fourth-order valence-corrected chi connectivity index (χ4v) is 3.35. The zero-order valence-electron chi connectivity index (χ0n) is 16.2. The van der Waals surface area contributed by atoms with Crippen molar-refractivity contribution in [2.75, 3.05) is 5.32 Å². The van der Waals surface area contributed by atoms with Crippen molar-refractivity contribution in [3.8, 4) is 17.2 Å². The van der Waals surface area contributed by atoms with Crippen LogP contribution >= 0.6 is 12.2 Å². The van der Waals surface area contributed by atoms with Crippen molar-refractivity contribution in [3.05, 3.63) is 77.9 Å². The summed E-state index contributed by atoms with van der Waals surface area (Å²) < 4.78 is 5.78. The number of aromatic hydroxyl groups is 1. The van der Waals surface area contributed by atoms with Gasteiger partial charge in [0, 0.05) is 5.69 Å². The van der Waals surface area contributed by atoms with Gasteiger partial charge in [0.15, 0.2) is 10.7 Å². The number of benzene rings is 3. The van der Waals surface area contributed by atoms with E-state index in [1.54, 1.807) is 19.1 Å². The van der Waals surface area contributed by atoms with Crippen molar-refractivity contribution in [1.29, 1.82) is 0 Å². The molecule has 0 saturated heterocycles. The number of anilines is 1. The summed E-state index contributed by atoms with van der Waals surface area (Å²) in [6, 6.07) is 20.2. The zero-order valence-corrected chi connectivity index (χ0v) is 17.0. The Hall–Kier alpha value is -3.71. The lowest BCUT2D eigenvalue weighted by Crippen LogP contribution is -2.35. The molecule has 0 bridgehead atoms. The second-order valence-corrected chi connectivity index (χ2v) is 7.25. The molecule has 1 amide bonds. The molecule has 0 aliphatic carbocycles. The molecule has 30 heavy (non-hydrogen) atoms. The molecule has 0 fully saturated rings. The van der Waals surface area contributed by atoms with Crippen LogP contribution in [0.5, 0.6) is 5.75 Å². The molecule has 1 aromatic heterocycles.